The molecule has 1 aliphatic heterocycles. The van der Waals surface area contributed by atoms with E-state index in [-0.39, 0.29) is 11.1 Å². The summed E-state index contributed by atoms with van der Waals surface area (Å²) >= 11 is 0. The summed E-state index contributed by atoms with van der Waals surface area (Å²) in [6.45, 7) is 8.60. The first kappa shape index (κ1) is 11.0. The first-order valence-corrected chi connectivity index (χ1v) is 5.48. The quantitative estimate of drug-likeness (QED) is 0.727. The third kappa shape index (κ3) is 1.75. The molecule has 0 aliphatic carbocycles. The second-order valence-corrected chi connectivity index (χ2v) is 5.03. The molecule has 0 radical (unpaired) electrons. The molecule has 2 heteroatoms. The molecule has 0 aromatic carbocycles. The zero-order valence-electron chi connectivity index (χ0n) is 9.43. The number of hydroxylamine groups is 2. The monoisotopic (exact) mass is 185 g/mol. The summed E-state index contributed by atoms with van der Waals surface area (Å²) in [7, 11) is 0. The van der Waals surface area contributed by atoms with Crippen LogP contribution in [0.1, 0.15) is 59.8 Å². The summed E-state index contributed by atoms with van der Waals surface area (Å²) < 4.78 is 0. The minimum absolute atomic E-state index is 0.00431. The van der Waals surface area contributed by atoms with Gasteiger partial charge in [-0.2, -0.15) is 5.06 Å². The van der Waals surface area contributed by atoms with Crippen LogP contribution in [0.15, 0.2) is 0 Å². The van der Waals surface area contributed by atoms with E-state index in [9.17, 15) is 5.21 Å². The third-order valence-electron chi connectivity index (χ3n) is 3.22. The van der Waals surface area contributed by atoms with Crippen LogP contribution in [-0.4, -0.2) is 21.3 Å². The average molecular weight is 185 g/mol. The van der Waals surface area contributed by atoms with Gasteiger partial charge in [-0.15, -0.1) is 0 Å². The molecule has 0 saturated carbocycles. The highest BCUT2D eigenvalue weighted by Crippen LogP contribution is 2.48. The summed E-state index contributed by atoms with van der Waals surface area (Å²) in [6, 6.07) is 0. The lowest BCUT2D eigenvalue weighted by molar-refractivity contribution is -0.314. The molecule has 1 aliphatic rings. The van der Waals surface area contributed by atoms with E-state index in [0.29, 0.717) is 0 Å². The number of hydrogen-bond acceptors (Lipinski definition) is 2. The number of rotatable bonds is 4. The molecule has 0 atom stereocenters. The molecule has 1 N–H and O–H groups in total. The largest absolute Gasteiger partial charge is 0.313 e. The van der Waals surface area contributed by atoms with E-state index >= 15 is 0 Å². The molecular weight excluding hydrogens is 162 g/mol. The van der Waals surface area contributed by atoms with Crippen molar-refractivity contribution in [2.24, 2.45) is 0 Å². The predicted octanol–water partition coefficient (Wildman–Crippen LogP) is 3.20. The lowest BCUT2D eigenvalue weighted by Crippen LogP contribution is -2.69. The van der Waals surface area contributed by atoms with Crippen molar-refractivity contribution in [1.29, 1.82) is 0 Å². The summed E-state index contributed by atoms with van der Waals surface area (Å²) in [5, 5.41) is 11.6. The zero-order chi connectivity index (χ0) is 10.1. The molecule has 0 amide bonds. The lowest BCUT2D eigenvalue weighted by atomic mass is 9.68. The van der Waals surface area contributed by atoms with Crippen molar-refractivity contribution < 1.29 is 5.21 Å². The van der Waals surface area contributed by atoms with E-state index in [4.69, 9.17) is 0 Å². The van der Waals surface area contributed by atoms with Crippen molar-refractivity contribution in [2.75, 3.05) is 0 Å². The van der Waals surface area contributed by atoms with Gasteiger partial charge in [0.2, 0.25) is 0 Å². The highest BCUT2D eigenvalue weighted by atomic mass is 16.5. The van der Waals surface area contributed by atoms with E-state index in [1.807, 2.05) is 0 Å². The van der Waals surface area contributed by atoms with Crippen LogP contribution >= 0.6 is 0 Å². The van der Waals surface area contributed by atoms with Crippen LogP contribution in [0.5, 0.6) is 0 Å². The van der Waals surface area contributed by atoms with Crippen LogP contribution < -0.4 is 0 Å². The molecule has 2 nitrogen and oxygen atoms in total. The molecule has 13 heavy (non-hydrogen) atoms. The molecule has 1 fully saturated rings. The maximum absolute atomic E-state index is 9.98. The standard InChI is InChI=1S/C11H23NO/c1-5-7-11(8-6-2)9-10(3,4)12(11)13/h13H,5-9H2,1-4H3. The van der Waals surface area contributed by atoms with Crippen molar-refractivity contribution in [2.45, 2.75) is 70.9 Å². The van der Waals surface area contributed by atoms with Crippen molar-refractivity contribution in [3.63, 3.8) is 0 Å². The topological polar surface area (TPSA) is 23.5 Å². The fourth-order valence-electron chi connectivity index (χ4n) is 2.95. The van der Waals surface area contributed by atoms with Gasteiger partial charge in [0.05, 0.1) is 0 Å². The van der Waals surface area contributed by atoms with Gasteiger partial charge in [-0.25, -0.2) is 0 Å². The normalized spacial score (nSPS) is 25.6. The molecule has 0 unspecified atom stereocenters. The number of nitrogens with zero attached hydrogens (tertiary/aromatic N) is 1. The van der Waals surface area contributed by atoms with E-state index in [2.05, 4.69) is 27.7 Å². The number of hydrogen-bond donors (Lipinski definition) is 1. The maximum Gasteiger partial charge on any atom is 0.0484 e. The smallest absolute Gasteiger partial charge is 0.0484 e. The van der Waals surface area contributed by atoms with Gasteiger partial charge in [0.1, 0.15) is 0 Å². The van der Waals surface area contributed by atoms with Crippen LogP contribution in [0.3, 0.4) is 0 Å². The summed E-state index contributed by atoms with van der Waals surface area (Å²) in [4.78, 5) is 0. The highest BCUT2D eigenvalue weighted by Gasteiger charge is 2.54. The Kier molecular flexibility index (Phi) is 3.03. The molecule has 1 heterocycles. The third-order valence-corrected chi connectivity index (χ3v) is 3.22. The highest BCUT2D eigenvalue weighted by molar-refractivity contribution is 5.06. The van der Waals surface area contributed by atoms with Crippen LogP contribution in [-0.2, 0) is 0 Å². The molecule has 0 bridgehead atoms. The second-order valence-electron chi connectivity index (χ2n) is 5.03. The van der Waals surface area contributed by atoms with Gasteiger partial charge < -0.3 is 5.21 Å². The van der Waals surface area contributed by atoms with Crippen LogP contribution in [0.4, 0.5) is 0 Å². The van der Waals surface area contributed by atoms with Crippen molar-refractivity contribution in [1.82, 2.24) is 5.06 Å². The van der Waals surface area contributed by atoms with Crippen LogP contribution in [0, 0.1) is 0 Å². The van der Waals surface area contributed by atoms with E-state index in [1.54, 1.807) is 5.06 Å². The predicted molar refractivity (Wildman–Crippen MR) is 54.9 cm³/mol. The Hall–Kier alpha value is -0.0800. The maximum atomic E-state index is 9.98. The zero-order valence-corrected chi connectivity index (χ0v) is 9.43. The van der Waals surface area contributed by atoms with Gasteiger partial charge in [-0.1, -0.05) is 26.7 Å². The summed E-state index contributed by atoms with van der Waals surface area (Å²) in [5.74, 6) is 0. The van der Waals surface area contributed by atoms with Gasteiger partial charge in [-0.05, 0) is 33.1 Å². The molecule has 78 valence electrons. The van der Waals surface area contributed by atoms with Gasteiger partial charge >= 0.3 is 0 Å². The van der Waals surface area contributed by atoms with Crippen molar-refractivity contribution in [3.05, 3.63) is 0 Å². The Morgan fingerprint density at radius 2 is 1.62 bits per heavy atom. The Bertz CT molecular complexity index is 171. The lowest BCUT2D eigenvalue weighted by Gasteiger charge is -2.60. The SMILES string of the molecule is CCCC1(CCC)CC(C)(C)N1O. The minimum Gasteiger partial charge on any atom is -0.313 e. The molecule has 1 rings (SSSR count). The first-order chi connectivity index (χ1) is 5.98. The van der Waals surface area contributed by atoms with E-state index < -0.39 is 0 Å². The van der Waals surface area contributed by atoms with Crippen molar-refractivity contribution >= 4 is 0 Å². The Morgan fingerprint density at radius 3 is 1.85 bits per heavy atom. The van der Waals surface area contributed by atoms with Gasteiger partial charge in [0, 0.05) is 11.1 Å². The van der Waals surface area contributed by atoms with E-state index in [1.165, 1.54) is 0 Å². The van der Waals surface area contributed by atoms with Gasteiger partial charge in [0.25, 0.3) is 0 Å². The summed E-state index contributed by atoms with van der Waals surface area (Å²) in [6.07, 6.45) is 5.71. The second kappa shape index (κ2) is 3.58. The Labute approximate surface area is 81.9 Å². The molecule has 0 aromatic rings. The minimum atomic E-state index is 0.00431. The first-order valence-electron chi connectivity index (χ1n) is 5.48. The Morgan fingerprint density at radius 1 is 1.15 bits per heavy atom. The van der Waals surface area contributed by atoms with Crippen LogP contribution in [0.2, 0.25) is 0 Å². The fourth-order valence-corrected chi connectivity index (χ4v) is 2.95. The van der Waals surface area contributed by atoms with E-state index in [0.717, 1.165) is 32.1 Å². The van der Waals surface area contributed by atoms with Crippen LogP contribution in [0.25, 0.3) is 0 Å². The average Bonchev–Trinajstić information content (AvgIpc) is 2.04. The van der Waals surface area contributed by atoms with Gasteiger partial charge in [-0.3, -0.25) is 0 Å². The molecule has 0 spiro atoms. The summed E-state index contributed by atoms with van der Waals surface area (Å²) in [5.41, 5.74) is 0.108. The Balaban J connectivity index is 2.62. The molecule has 1 saturated heterocycles. The van der Waals surface area contributed by atoms with Gasteiger partial charge in [0.15, 0.2) is 0 Å². The fraction of sp³-hybridized carbons (Fsp3) is 1.00. The molecule has 0 aromatic heterocycles. The molecular formula is C11H23NO. The van der Waals surface area contributed by atoms with Crippen molar-refractivity contribution in [3.8, 4) is 0 Å².